The van der Waals surface area contributed by atoms with E-state index in [-0.39, 0.29) is 21.4 Å². The molecule has 0 unspecified atom stereocenters. The molecule has 0 aromatic heterocycles. The van der Waals surface area contributed by atoms with Crippen molar-refractivity contribution in [1.29, 1.82) is 0 Å². The second-order valence-corrected chi connectivity index (χ2v) is 5.24. The van der Waals surface area contributed by atoms with Crippen molar-refractivity contribution < 1.29 is 18.0 Å². The van der Waals surface area contributed by atoms with Crippen molar-refractivity contribution in [3.8, 4) is 0 Å². The smallest absolute Gasteiger partial charge is 0.257 e. The molecule has 0 heterocycles. The van der Waals surface area contributed by atoms with E-state index in [0.717, 1.165) is 12.1 Å². The lowest BCUT2D eigenvalue weighted by Crippen LogP contribution is -2.15. The summed E-state index contributed by atoms with van der Waals surface area (Å²) in [7, 11) is 0. The predicted octanol–water partition coefficient (Wildman–Crippen LogP) is 4.01. The first-order chi connectivity index (χ1) is 9.79. The Kier molecular flexibility index (Phi) is 4.22. The van der Waals surface area contributed by atoms with Gasteiger partial charge in [-0.2, -0.15) is 0 Å². The molecule has 7 heteroatoms. The Morgan fingerprint density at radius 2 is 1.71 bits per heavy atom. The van der Waals surface area contributed by atoms with Crippen LogP contribution in [0, 0.1) is 24.4 Å². The first-order valence-corrected chi connectivity index (χ1v) is 6.60. The van der Waals surface area contributed by atoms with E-state index in [0.29, 0.717) is 11.6 Å². The average Bonchev–Trinajstić information content (AvgIpc) is 2.40. The normalized spacial score (nSPS) is 10.5. The Balaban J connectivity index is 2.35. The molecule has 0 aliphatic rings. The number of carbonyl (C=O) groups excluding carboxylic acids is 1. The Hall–Kier alpha value is -2.02. The highest BCUT2D eigenvalue weighted by molar-refractivity contribution is 9.10. The van der Waals surface area contributed by atoms with Crippen LogP contribution >= 0.6 is 15.9 Å². The molecule has 21 heavy (non-hydrogen) atoms. The molecule has 2 aromatic carbocycles. The van der Waals surface area contributed by atoms with Crippen LogP contribution in [0.4, 0.5) is 24.5 Å². The highest BCUT2D eigenvalue weighted by Crippen LogP contribution is 2.25. The second-order valence-electron chi connectivity index (χ2n) is 4.39. The Morgan fingerprint density at radius 1 is 1.10 bits per heavy atom. The number of hydrogen-bond acceptors (Lipinski definition) is 2. The zero-order chi connectivity index (χ0) is 15.7. The van der Waals surface area contributed by atoms with Crippen molar-refractivity contribution in [1.82, 2.24) is 0 Å². The Bertz CT molecular complexity index is 735. The summed E-state index contributed by atoms with van der Waals surface area (Å²) >= 11 is 3.02. The zero-order valence-electron chi connectivity index (χ0n) is 10.8. The SMILES string of the molecule is Cc1cc(Br)c(F)cc1NC(=O)c1cc(F)c(F)cc1N. The predicted molar refractivity (Wildman–Crippen MR) is 77.6 cm³/mol. The molecule has 2 aromatic rings. The van der Waals surface area contributed by atoms with Gasteiger partial charge in [0.25, 0.3) is 5.91 Å². The largest absolute Gasteiger partial charge is 0.398 e. The lowest BCUT2D eigenvalue weighted by atomic mass is 10.1. The van der Waals surface area contributed by atoms with Gasteiger partial charge in [-0.1, -0.05) is 0 Å². The van der Waals surface area contributed by atoms with Gasteiger partial charge in [0.1, 0.15) is 5.82 Å². The minimum absolute atomic E-state index is 0.207. The van der Waals surface area contributed by atoms with E-state index in [4.69, 9.17) is 5.73 Å². The van der Waals surface area contributed by atoms with E-state index in [1.54, 1.807) is 6.92 Å². The molecule has 0 radical (unpaired) electrons. The van der Waals surface area contributed by atoms with Crippen LogP contribution in [0.1, 0.15) is 15.9 Å². The van der Waals surface area contributed by atoms with Crippen molar-refractivity contribution in [2.75, 3.05) is 11.1 Å². The fourth-order valence-corrected chi connectivity index (χ4v) is 2.19. The topological polar surface area (TPSA) is 55.1 Å². The van der Waals surface area contributed by atoms with E-state index in [1.165, 1.54) is 6.07 Å². The molecule has 0 spiro atoms. The quantitative estimate of drug-likeness (QED) is 0.797. The van der Waals surface area contributed by atoms with Crippen LogP contribution in [0.3, 0.4) is 0 Å². The molecular formula is C14H10BrF3N2O. The molecule has 0 bridgehead atoms. The minimum Gasteiger partial charge on any atom is -0.398 e. The monoisotopic (exact) mass is 358 g/mol. The standard InChI is InChI=1S/C14H10BrF3N2O/c1-6-2-8(15)9(16)5-13(6)20-14(21)7-3-10(17)11(18)4-12(7)19/h2-5H,19H2,1H3,(H,20,21). The molecule has 0 saturated heterocycles. The van der Waals surface area contributed by atoms with Crippen LogP contribution in [-0.2, 0) is 0 Å². The third-order valence-electron chi connectivity index (χ3n) is 2.85. The number of rotatable bonds is 2. The lowest BCUT2D eigenvalue weighted by molar-refractivity contribution is 0.102. The van der Waals surface area contributed by atoms with Gasteiger partial charge in [-0.15, -0.1) is 0 Å². The van der Waals surface area contributed by atoms with Crippen molar-refractivity contribution in [3.63, 3.8) is 0 Å². The molecule has 3 N–H and O–H groups in total. The molecule has 0 saturated carbocycles. The minimum atomic E-state index is -1.19. The first kappa shape index (κ1) is 15.4. The van der Waals surface area contributed by atoms with E-state index in [2.05, 4.69) is 21.2 Å². The number of hydrogen-bond donors (Lipinski definition) is 2. The Labute approximate surface area is 127 Å². The number of anilines is 2. The van der Waals surface area contributed by atoms with Crippen molar-refractivity contribution in [3.05, 3.63) is 57.3 Å². The van der Waals surface area contributed by atoms with Gasteiger partial charge >= 0.3 is 0 Å². The third kappa shape index (κ3) is 3.18. The van der Waals surface area contributed by atoms with Crippen LogP contribution in [0.5, 0.6) is 0 Å². The van der Waals surface area contributed by atoms with E-state index < -0.39 is 23.4 Å². The molecule has 0 aliphatic carbocycles. The van der Waals surface area contributed by atoms with Crippen molar-refractivity contribution in [2.45, 2.75) is 6.92 Å². The Morgan fingerprint density at radius 3 is 2.38 bits per heavy atom. The molecule has 2 rings (SSSR count). The molecule has 110 valence electrons. The highest BCUT2D eigenvalue weighted by Gasteiger charge is 2.16. The molecule has 0 fully saturated rings. The summed E-state index contributed by atoms with van der Waals surface area (Å²) in [5, 5.41) is 2.41. The maximum absolute atomic E-state index is 13.5. The first-order valence-electron chi connectivity index (χ1n) is 5.81. The number of nitrogens with two attached hydrogens (primary N) is 1. The van der Waals surface area contributed by atoms with Gasteiger partial charge in [0.05, 0.1) is 10.0 Å². The molecule has 1 amide bonds. The van der Waals surface area contributed by atoms with Crippen LogP contribution in [0.2, 0.25) is 0 Å². The lowest BCUT2D eigenvalue weighted by Gasteiger charge is -2.11. The molecule has 0 aliphatic heterocycles. The van der Waals surface area contributed by atoms with Gasteiger partial charge < -0.3 is 11.1 Å². The van der Waals surface area contributed by atoms with E-state index in [9.17, 15) is 18.0 Å². The summed E-state index contributed by atoms with van der Waals surface area (Å²) in [6, 6.07) is 4.02. The second kappa shape index (κ2) is 5.77. The van der Waals surface area contributed by atoms with E-state index in [1.807, 2.05) is 0 Å². The summed E-state index contributed by atoms with van der Waals surface area (Å²) in [6.07, 6.45) is 0. The van der Waals surface area contributed by atoms with Crippen LogP contribution in [-0.4, -0.2) is 5.91 Å². The number of amides is 1. The zero-order valence-corrected chi connectivity index (χ0v) is 12.4. The van der Waals surface area contributed by atoms with Crippen LogP contribution < -0.4 is 11.1 Å². The number of benzene rings is 2. The number of nitrogen functional groups attached to an aromatic ring is 1. The van der Waals surface area contributed by atoms with Crippen LogP contribution in [0.25, 0.3) is 0 Å². The van der Waals surface area contributed by atoms with Crippen molar-refractivity contribution in [2.24, 2.45) is 0 Å². The van der Waals surface area contributed by atoms with Gasteiger partial charge in [0, 0.05) is 17.4 Å². The molecule has 0 atom stereocenters. The van der Waals surface area contributed by atoms with Gasteiger partial charge in [0.15, 0.2) is 11.6 Å². The summed E-state index contributed by atoms with van der Waals surface area (Å²) in [5.41, 5.74) is 5.86. The summed E-state index contributed by atoms with van der Waals surface area (Å²) in [4.78, 5) is 12.0. The van der Waals surface area contributed by atoms with Gasteiger partial charge in [-0.25, -0.2) is 13.2 Å². The number of halogens is 4. The maximum atomic E-state index is 13.5. The third-order valence-corrected chi connectivity index (χ3v) is 3.46. The fraction of sp³-hybridized carbons (Fsp3) is 0.0714. The number of aryl methyl sites for hydroxylation is 1. The molecule has 3 nitrogen and oxygen atoms in total. The summed E-state index contributed by atoms with van der Waals surface area (Å²) in [5.74, 6) is -3.65. The number of carbonyl (C=O) groups is 1. The highest BCUT2D eigenvalue weighted by atomic mass is 79.9. The van der Waals surface area contributed by atoms with Gasteiger partial charge in [0.2, 0.25) is 0 Å². The summed E-state index contributed by atoms with van der Waals surface area (Å²) in [6.45, 7) is 1.66. The van der Waals surface area contributed by atoms with Gasteiger partial charge in [-0.05, 0) is 46.6 Å². The van der Waals surface area contributed by atoms with E-state index >= 15 is 0 Å². The number of nitrogens with one attached hydrogen (secondary N) is 1. The fourth-order valence-electron chi connectivity index (χ4n) is 1.73. The average molecular weight is 359 g/mol. The summed E-state index contributed by atoms with van der Waals surface area (Å²) < 4.78 is 39.9. The van der Waals surface area contributed by atoms with Crippen molar-refractivity contribution >= 4 is 33.2 Å². The van der Waals surface area contributed by atoms with Gasteiger partial charge in [-0.3, -0.25) is 4.79 Å². The maximum Gasteiger partial charge on any atom is 0.257 e. The van der Waals surface area contributed by atoms with Crippen LogP contribution in [0.15, 0.2) is 28.7 Å². The molecular weight excluding hydrogens is 349 g/mol.